The molecule has 16 heavy (non-hydrogen) atoms. The fourth-order valence-electron chi connectivity index (χ4n) is 0.916. The van der Waals surface area contributed by atoms with E-state index in [0.717, 1.165) is 12.3 Å². The number of carbonyl (C=O) groups excluding carboxylic acids is 2. The first-order chi connectivity index (χ1) is 7.49. The predicted octanol–water partition coefficient (Wildman–Crippen LogP) is 0.628. The van der Waals surface area contributed by atoms with Crippen LogP contribution >= 0.6 is 0 Å². The Morgan fingerprint density at radius 1 is 1.31 bits per heavy atom. The third-order valence-corrected chi connectivity index (χ3v) is 1.52. The summed E-state index contributed by atoms with van der Waals surface area (Å²) in [5.41, 5.74) is -0.511. The molecule has 1 aromatic rings. The molecule has 1 rings (SSSR count). The Bertz CT molecular complexity index is 459. The minimum atomic E-state index is -0.611. The van der Waals surface area contributed by atoms with E-state index in [4.69, 9.17) is 4.42 Å². The van der Waals surface area contributed by atoms with Crippen LogP contribution in [0.15, 0.2) is 21.5 Å². The maximum Gasteiger partial charge on any atom is 0.308 e. The van der Waals surface area contributed by atoms with Crippen LogP contribution in [-0.4, -0.2) is 11.9 Å². The molecule has 0 saturated carbocycles. The van der Waals surface area contributed by atoms with Gasteiger partial charge in [-0.05, 0) is 0 Å². The van der Waals surface area contributed by atoms with E-state index in [9.17, 15) is 14.4 Å². The van der Waals surface area contributed by atoms with Gasteiger partial charge >= 0.3 is 11.9 Å². The molecule has 0 spiro atoms. The molecule has 0 aromatic carbocycles. The molecule has 6 heteroatoms. The lowest BCUT2D eigenvalue weighted by atomic mass is 10.4. The molecule has 0 bridgehead atoms. The van der Waals surface area contributed by atoms with E-state index in [1.165, 1.54) is 13.8 Å². The SMILES string of the molecule is CC(=O)OCc1cc(=O)c(OC(C)=O)co1. The summed E-state index contributed by atoms with van der Waals surface area (Å²) in [5, 5.41) is 0. The van der Waals surface area contributed by atoms with E-state index in [2.05, 4.69) is 9.47 Å². The van der Waals surface area contributed by atoms with Crippen molar-refractivity contribution in [3.05, 3.63) is 28.3 Å². The number of hydrogen-bond acceptors (Lipinski definition) is 6. The summed E-state index contributed by atoms with van der Waals surface area (Å²) in [6.45, 7) is 2.28. The predicted molar refractivity (Wildman–Crippen MR) is 51.8 cm³/mol. The van der Waals surface area contributed by atoms with Gasteiger partial charge in [0.1, 0.15) is 18.6 Å². The van der Waals surface area contributed by atoms with Crippen molar-refractivity contribution in [1.29, 1.82) is 0 Å². The fraction of sp³-hybridized carbons (Fsp3) is 0.300. The van der Waals surface area contributed by atoms with E-state index in [0.29, 0.717) is 0 Å². The standard InChI is InChI=1S/C10H10O6/c1-6(11)14-4-8-3-9(13)10(5-15-8)16-7(2)12/h3,5H,4H2,1-2H3. The molecule has 0 unspecified atom stereocenters. The van der Waals surface area contributed by atoms with Gasteiger partial charge in [0.05, 0.1) is 0 Å². The van der Waals surface area contributed by atoms with Crippen molar-refractivity contribution < 1.29 is 23.5 Å². The number of ether oxygens (including phenoxy) is 2. The van der Waals surface area contributed by atoms with E-state index in [1.54, 1.807) is 0 Å². The minimum absolute atomic E-state index is 0.134. The van der Waals surface area contributed by atoms with Crippen LogP contribution in [0.2, 0.25) is 0 Å². The minimum Gasteiger partial charge on any atom is -0.462 e. The molecular weight excluding hydrogens is 216 g/mol. The Labute approximate surface area is 90.8 Å². The van der Waals surface area contributed by atoms with Gasteiger partial charge in [0, 0.05) is 19.9 Å². The van der Waals surface area contributed by atoms with E-state index in [-0.39, 0.29) is 18.1 Å². The first-order valence-electron chi connectivity index (χ1n) is 4.42. The van der Waals surface area contributed by atoms with Crippen LogP contribution in [0.5, 0.6) is 5.75 Å². The van der Waals surface area contributed by atoms with Crippen LogP contribution in [0, 0.1) is 0 Å². The quantitative estimate of drug-likeness (QED) is 0.703. The molecule has 0 N–H and O–H groups in total. The van der Waals surface area contributed by atoms with Crippen molar-refractivity contribution in [3.63, 3.8) is 0 Å². The largest absolute Gasteiger partial charge is 0.462 e. The summed E-state index contributed by atoms with van der Waals surface area (Å²) in [4.78, 5) is 32.4. The van der Waals surface area contributed by atoms with E-state index >= 15 is 0 Å². The van der Waals surface area contributed by atoms with Gasteiger partial charge in [0.15, 0.2) is 0 Å². The Kier molecular flexibility index (Phi) is 3.82. The van der Waals surface area contributed by atoms with Crippen molar-refractivity contribution in [2.75, 3.05) is 0 Å². The maximum atomic E-state index is 11.3. The lowest BCUT2D eigenvalue weighted by Crippen LogP contribution is -2.12. The van der Waals surface area contributed by atoms with E-state index in [1.807, 2.05) is 0 Å². The molecule has 0 amide bonds. The monoisotopic (exact) mass is 226 g/mol. The molecule has 0 aliphatic heterocycles. The summed E-state index contributed by atoms with van der Waals surface area (Å²) >= 11 is 0. The second kappa shape index (κ2) is 5.11. The summed E-state index contributed by atoms with van der Waals surface area (Å²) in [7, 11) is 0. The van der Waals surface area contributed by atoms with Crippen molar-refractivity contribution >= 4 is 11.9 Å². The maximum absolute atomic E-state index is 11.3. The van der Waals surface area contributed by atoms with Crippen LogP contribution in [0.25, 0.3) is 0 Å². The summed E-state index contributed by atoms with van der Waals surface area (Å²) in [6, 6.07) is 1.10. The summed E-state index contributed by atoms with van der Waals surface area (Å²) in [6.07, 6.45) is 1.00. The van der Waals surface area contributed by atoms with Crippen LogP contribution in [-0.2, 0) is 20.9 Å². The highest BCUT2D eigenvalue weighted by atomic mass is 16.5. The second-order valence-corrected chi connectivity index (χ2v) is 2.95. The number of carbonyl (C=O) groups is 2. The molecule has 0 saturated heterocycles. The highest BCUT2D eigenvalue weighted by molar-refractivity contribution is 5.69. The first kappa shape index (κ1) is 12.0. The van der Waals surface area contributed by atoms with Crippen molar-refractivity contribution in [2.45, 2.75) is 20.5 Å². The highest BCUT2D eigenvalue weighted by Gasteiger charge is 2.07. The van der Waals surface area contributed by atoms with Crippen LogP contribution < -0.4 is 10.2 Å². The van der Waals surface area contributed by atoms with Gasteiger partial charge < -0.3 is 13.9 Å². The van der Waals surface area contributed by atoms with Crippen molar-refractivity contribution in [3.8, 4) is 5.75 Å². The fourth-order valence-corrected chi connectivity index (χ4v) is 0.916. The second-order valence-electron chi connectivity index (χ2n) is 2.95. The average molecular weight is 226 g/mol. The average Bonchev–Trinajstić information content (AvgIpc) is 2.18. The van der Waals surface area contributed by atoms with Gasteiger partial charge in [-0.25, -0.2) is 0 Å². The Hall–Kier alpha value is -2.11. The van der Waals surface area contributed by atoms with Gasteiger partial charge in [0.25, 0.3) is 0 Å². The third-order valence-electron chi connectivity index (χ3n) is 1.52. The van der Waals surface area contributed by atoms with Crippen LogP contribution in [0.1, 0.15) is 19.6 Å². The molecule has 0 aliphatic rings. The normalized spacial score (nSPS) is 9.62. The molecule has 0 radical (unpaired) electrons. The van der Waals surface area contributed by atoms with Gasteiger partial charge in [0.2, 0.25) is 11.2 Å². The summed E-state index contributed by atoms with van der Waals surface area (Å²) < 4.78 is 14.1. The zero-order valence-corrected chi connectivity index (χ0v) is 8.81. The Morgan fingerprint density at radius 3 is 2.50 bits per heavy atom. The number of hydrogen-bond donors (Lipinski definition) is 0. The molecule has 86 valence electrons. The van der Waals surface area contributed by atoms with Gasteiger partial charge in [-0.15, -0.1) is 0 Å². The topological polar surface area (TPSA) is 82.8 Å². The highest BCUT2D eigenvalue weighted by Crippen LogP contribution is 2.07. The first-order valence-corrected chi connectivity index (χ1v) is 4.42. The van der Waals surface area contributed by atoms with Gasteiger partial charge in [-0.3, -0.25) is 14.4 Å². The van der Waals surface area contributed by atoms with E-state index < -0.39 is 17.4 Å². The smallest absolute Gasteiger partial charge is 0.308 e. The van der Waals surface area contributed by atoms with Crippen LogP contribution in [0.4, 0.5) is 0 Å². The Morgan fingerprint density at radius 2 is 2.00 bits per heavy atom. The van der Waals surface area contributed by atoms with Crippen molar-refractivity contribution in [2.24, 2.45) is 0 Å². The molecule has 0 atom stereocenters. The zero-order valence-electron chi connectivity index (χ0n) is 8.81. The molecule has 1 heterocycles. The molecule has 0 aliphatic carbocycles. The van der Waals surface area contributed by atoms with Crippen LogP contribution in [0.3, 0.4) is 0 Å². The van der Waals surface area contributed by atoms with Gasteiger partial charge in [-0.1, -0.05) is 0 Å². The van der Waals surface area contributed by atoms with Gasteiger partial charge in [-0.2, -0.15) is 0 Å². The molecular formula is C10H10O6. The number of rotatable bonds is 3. The lowest BCUT2D eigenvalue weighted by Gasteiger charge is -2.02. The number of esters is 2. The lowest BCUT2D eigenvalue weighted by molar-refractivity contribution is -0.142. The van der Waals surface area contributed by atoms with Crippen molar-refractivity contribution in [1.82, 2.24) is 0 Å². The molecule has 6 nitrogen and oxygen atoms in total. The summed E-state index contributed by atoms with van der Waals surface area (Å²) in [5.74, 6) is -1.11. The molecule has 1 aromatic heterocycles. The third kappa shape index (κ3) is 3.56. The molecule has 0 fully saturated rings. The Balaban J connectivity index is 2.78. The zero-order chi connectivity index (χ0) is 12.1.